The molecule has 0 spiro atoms. The summed E-state index contributed by atoms with van der Waals surface area (Å²) in [6, 6.07) is 5.04. The maximum absolute atomic E-state index is 12.6. The maximum Gasteiger partial charge on any atom is 0.257 e. The number of nitrogens with zero attached hydrogens (tertiary/aromatic N) is 1. The van der Waals surface area contributed by atoms with E-state index < -0.39 is 0 Å². The molecular formula is C15H23ClN2O2. The zero-order valence-corrected chi connectivity index (χ0v) is 13.3. The van der Waals surface area contributed by atoms with Crippen LogP contribution in [-0.2, 0) is 0 Å². The largest absolute Gasteiger partial charge is 0.496 e. The highest BCUT2D eigenvalue weighted by Gasteiger charge is 2.25. The summed E-state index contributed by atoms with van der Waals surface area (Å²) in [5.41, 5.74) is 6.14. The Morgan fingerprint density at radius 3 is 2.60 bits per heavy atom. The summed E-state index contributed by atoms with van der Waals surface area (Å²) in [7, 11) is 1.53. The molecule has 20 heavy (non-hydrogen) atoms. The van der Waals surface area contributed by atoms with Gasteiger partial charge in [-0.3, -0.25) is 4.79 Å². The quantitative estimate of drug-likeness (QED) is 0.878. The van der Waals surface area contributed by atoms with Crippen molar-refractivity contribution >= 4 is 17.5 Å². The minimum atomic E-state index is -0.120. The fraction of sp³-hybridized carbons (Fsp3) is 0.533. The van der Waals surface area contributed by atoms with Crippen LogP contribution in [0.15, 0.2) is 18.2 Å². The standard InChI is InChI=1S/C15H23ClN2O2/c1-5-18(10-15(2,3)9-17)14(19)12-7-6-11(16)8-13(12)20-4/h6-8H,5,9-10,17H2,1-4H3. The van der Waals surface area contributed by atoms with Gasteiger partial charge in [0, 0.05) is 18.1 Å². The summed E-state index contributed by atoms with van der Waals surface area (Å²) in [6.45, 7) is 7.78. The van der Waals surface area contributed by atoms with Crippen molar-refractivity contribution in [1.29, 1.82) is 0 Å². The fourth-order valence-corrected chi connectivity index (χ4v) is 2.08. The molecule has 0 aliphatic carbocycles. The van der Waals surface area contributed by atoms with Crippen molar-refractivity contribution in [1.82, 2.24) is 4.90 Å². The van der Waals surface area contributed by atoms with Crippen molar-refractivity contribution in [2.45, 2.75) is 20.8 Å². The van der Waals surface area contributed by atoms with Gasteiger partial charge < -0.3 is 15.4 Å². The van der Waals surface area contributed by atoms with E-state index in [2.05, 4.69) is 0 Å². The number of halogens is 1. The maximum atomic E-state index is 12.6. The monoisotopic (exact) mass is 298 g/mol. The van der Waals surface area contributed by atoms with Crippen molar-refractivity contribution in [3.8, 4) is 5.75 Å². The van der Waals surface area contributed by atoms with Gasteiger partial charge in [0.15, 0.2) is 0 Å². The number of carbonyl (C=O) groups is 1. The summed E-state index contributed by atoms with van der Waals surface area (Å²) in [6.07, 6.45) is 0. The second kappa shape index (κ2) is 6.95. The van der Waals surface area contributed by atoms with E-state index in [1.807, 2.05) is 20.8 Å². The van der Waals surface area contributed by atoms with E-state index in [1.54, 1.807) is 23.1 Å². The predicted octanol–water partition coefficient (Wildman–Crippen LogP) is 2.80. The Bertz CT molecular complexity index is 475. The topological polar surface area (TPSA) is 55.6 Å². The van der Waals surface area contributed by atoms with Gasteiger partial charge in [-0.15, -0.1) is 0 Å². The molecule has 0 heterocycles. The van der Waals surface area contributed by atoms with E-state index in [1.165, 1.54) is 7.11 Å². The molecule has 0 bridgehead atoms. The van der Waals surface area contributed by atoms with Gasteiger partial charge in [0.2, 0.25) is 0 Å². The van der Waals surface area contributed by atoms with E-state index in [-0.39, 0.29) is 11.3 Å². The first-order valence-corrected chi connectivity index (χ1v) is 7.05. The highest BCUT2D eigenvalue weighted by molar-refractivity contribution is 6.30. The molecule has 4 nitrogen and oxygen atoms in total. The molecular weight excluding hydrogens is 276 g/mol. The SMILES string of the molecule is CCN(CC(C)(C)CN)C(=O)c1ccc(Cl)cc1OC. The lowest BCUT2D eigenvalue weighted by Gasteiger charge is -2.31. The normalized spacial score (nSPS) is 11.3. The molecule has 0 fully saturated rings. The first kappa shape index (κ1) is 16.8. The molecule has 5 heteroatoms. The number of ether oxygens (including phenoxy) is 1. The summed E-state index contributed by atoms with van der Waals surface area (Å²) in [4.78, 5) is 14.4. The average Bonchev–Trinajstić information content (AvgIpc) is 2.43. The van der Waals surface area contributed by atoms with Crippen LogP contribution in [0.3, 0.4) is 0 Å². The number of methoxy groups -OCH3 is 1. The van der Waals surface area contributed by atoms with Crippen molar-refractivity contribution in [3.63, 3.8) is 0 Å². The van der Waals surface area contributed by atoms with E-state index in [0.717, 1.165) is 0 Å². The molecule has 2 N–H and O–H groups in total. The number of carbonyl (C=O) groups excluding carboxylic acids is 1. The van der Waals surface area contributed by atoms with Crippen LogP contribution in [0.5, 0.6) is 5.75 Å². The highest BCUT2D eigenvalue weighted by Crippen LogP contribution is 2.25. The van der Waals surface area contributed by atoms with Gasteiger partial charge >= 0.3 is 0 Å². The van der Waals surface area contributed by atoms with Crippen molar-refractivity contribution in [2.24, 2.45) is 11.1 Å². The van der Waals surface area contributed by atoms with Gasteiger partial charge in [-0.25, -0.2) is 0 Å². The molecule has 0 unspecified atom stereocenters. The van der Waals surface area contributed by atoms with Gasteiger partial charge in [-0.1, -0.05) is 25.4 Å². The minimum Gasteiger partial charge on any atom is -0.496 e. The van der Waals surface area contributed by atoms with Gasteiger partial charge in [-0.05, 0) is 37.1 Å². The van der Waals surface area contributed by atoms with Crippen LogP contribution in [0.2, 0.25) is 5.02 Å². The Morgan fingerprint density at radius 1 is 1.45 bits per heavy atom. The van der Waals surface area contributed by atoms with E-state index in [0.29, 0.717) is 36.0 Å². The number of rotatable bonds is 6. The summed E-state index contributed by atoms with van der Waals surface area (Å²) in [5, 5.41) is 0.545. The van der Waals surface area contributed by atoms with E-state index >= 15 is 0 Å². The lowest BCUT2D eigenvalue weighted by molar-refractivity contribution is 0.0697. The van der Waals surface area contributed by atoms with E-state index in [4.69, 9.17) is 22.1 Å². The van der Waals surface area contributed by atoms with Gasteiger partial charge in [0.05, 0.1) is 12.7 Å². The van der Waals surface area contributed by atoms with E-state index in [9.17, 15) is 4.79 Å². The first-order valence-electron chi connectivity index (χ1n) is 6.67. The highest BCUT2D eigenvalue weighted by atomic mass is 35.5. The molecule has 1 amide bonds. The van der Waals surface area contributed by atoms with Gasteiger partial charge in [-0.2, -0.15) is 0 Å². The Kier molecular flexibility index (Phi) is 5.84. The second-order valence-corrected chi connectivity index (χ2v) is 5.97. The van der Waals surface area contributed by atoms with Gasteiger partial charge in [0.1, 0.15) is 5.75 Å². The summed E-state index contributed by atoms with van der Waals surface area (Å²) in [5.74, 6) is 0.425. The Morgan fingerprint density at radius 2 is 2.10 bits per heavy atom. The van der Waals surface area contributed by atoms with Gasteiger partial charge in [0.25, 0.3) is 5.91 Å². The molecule has 0 radical (unpaired) electrons. The average molecular weight is 299 g/mol. The Balaban J connectivity index is 3.02. The number of hydrogen-bond acceptors (Lipinski definition) is 3. The third kappa shape index (κ3) is 4.12. The number of hydrogen-bond donors (Lipinski definition) is 1. The molecule has 1 aromatic rings. The molecule has 112 valence electrons. The zero-order chi connectivity index (χ0) is 15.3. The third-order valence-corrected chi connectivity index (χ3v) is 3.47. The Labute approximate surface area is 125 Å². The molecule has 0 aromatic heterocycles. The molecule has 0 aliphatic rings. The van der Waals surface area contributed by atoms with Crippen molar-refractivity contribution in [2.75, 3.05) is 26.7 Å². The predicted molar refractivity (Wildman–Crippen MR) is 82.4 cm³/mol. The smallest absolute Gasteiger partial charge is 0.257 e. The van der Waals surface area contributed by atoms with Crippen LogP contribution in [0.4, 0.5) is 0 Å². The van der Waals surface area contributed by atoms with Crippen molar-refractivity contribution in [3.05, 3.63) is 28.8 Å². The molecule has 0 atom stereocenters. The molecule has 1 aromatic carbocycles. The molecule has 1 rings (SSSR count). The number of amides is 1. The lowest BCUT2D eigenvalue weighted by Crippen LogP contribution is -2.42. The van der Waals surface area contributed by atoms with Crippen LogP contribution in [-0.4, -0.2) is 37.6 Å². The van der Waals surface area contributed by atoms with Crippen LogP contribution < -0.4 is 10.5 Å². The third-order valence-electron chi connectivity index (χ3n) is 3.23. The summed E-state index contributed by atoms with van der Waals surface area (Å²) >= 11 is 5.92. The number of benzene rings is 1. The van der Waals surface area contributed by atoms with Crippen LogP contribution in [0.1, 0.15) is 31.1 Å². The summed E-state index contributed by atoms with van der Waals surface area (Å²) < 4.78 is 5.24. The van der Waals surface area contributed by atoms with Crippen LogP contribution in [0.25, 0.3) is 0 Å². The second-order valence-electron chi connectivity index (χ2n) is 5.53. The number of nitrogens with two attached hydrogens (primary N) is 1. The zero-order valence-electron chi connectivity index (χ0n) is 12.6. The van der Waals surface area contributed by atoms with Crippen molar-refractivity contribution < 1.29 is 9.53 Å². The minimum absolute atomic E-state index is 0.0671. The van der Waals surface area contributed by atoms with Crippen LogP contribution in [0, 0.1) is 5.41 Å². The first-order chi connectivity index (χ1) is 9.34. The lowest BCUT2D eigenvalue weighted by atomic mass is 9.93. The fourth-order valence-electron chi connectivity index (χ4n) is 1.92. The Hall–Kier alpha value is -1.26. The molecule has 0 saturated heterocycles. The van der Waals surface area contributed by atoms with Crippen LogP contribution >= 0.6 is 11.6 Å². The molecule has 0 saturated carbocycles. The molecule has 0 aliphatic heterocycles.